The molecule has 0 bridgehead atoms. The van der Waals surface area contributed by atoms with Crippen LogP contribution in [0.5, 0.6) is 0 Å². The summed E-state index contributed by atoms with van der Waals surface area (Å²) in [6, 6.07) is 0. The Kier molecular flexibility index (Phi) is 11.5. The molecule has 0 aliphatic carbocycles. The summed E-state index contributed by atoms with van der Waals surface area (Å²) in [5, 5.41) is 0. The minimum atomic E-state index is -1.61. The molecule has 16 heavy (non-hydrogen) atoms. The van der Waals surface area contributed by atoms with E-state index in [1.165, 1.54) is 32.1 Å². The maximum absolute atomic E-state index is 2.49. The van der Waals surface area contributed by atoms with Crippen molar-refractivity contribution in [3.8, 4) is 0 Å². The van der Waals surface area contributed by atoms with Crippen molar-refractivity contribution in [2.24, 2.45) is 0 Å². The molecule has 0 aliphatic heterocycles. The first-order valence-electron chi connectivity index (χ1n) is 7.74. The van der Waals surface area contributed by atoms with Gasteiger partial charge >= 0.3 is 109 Å². The first-order chi connectivity index (χ1) is 7.74. The molecule has 98 valence electrons. The van der Waals surface area contributed by atoms with Gasteiger partial charge in [-0.2, -0.15) is 0 Å². The van der Waals surface area contributed by atoms with Crippen LogP contribution in [-0.2, 0) is 0 Å². The Labute approximate surface area is 108 Å². The normalized spacial score (nSPS) is 12.0. The zero-order chi connectivity index (χ0) is 12.3. The average Bonchev–Trinajstić information content (AvgIpc) is 2.33. The van der Waals surface area contributed by atoms with E-state index in [1.54, 1.807) is 30.6 Å². The SMILES string of the molecule is CCCCC[CH2][Sn]([CH2]C)([CH2]C)[CH2]CCCC. The zero-order valence-electron chi connectivity index (χ0n) is 12.3. The van der Waals surface area contributed by atoms with Gasteiger partial charge in [-0.1, -0.05) is 0 Å². The van der Waals surface area contributed by atoms with E-state index in [0.717, 1.165) is 0 Å². The Balaban J connectivity index is 3.90. The monoisotopic (exact) mass is 334 g/mol. The third kappa shape index (κ3) is 7.19. The van der Waals surface area contributed by atoms with Gasteiger partial charge in [0.1, 0.15) is 0 Å². The van der Waals surface area contributed by atoms with Crippen LogP contribution in [-0.4, -0.2) is 18.4 Å². The van der Waals surface area contributed by atoms with Crippen LogP contribution in [0.2, 0.25) is 17.7 Å². The summed E-state index contributed by atoms with van der Waals surface area (Å²) in [7, 11) is 0. The fraction of sp³-hybridized carbons (Fsp3) is 1.00. The van der Waals surface area contributed by atoms with Crippen molar-refractivity contribution < 1.29 is 0 Å². The van der Waals surface area contributed by atoms with Gasteiger partial charge in [-0.15, -0.1) is 0 Å². The zero-order valence-corrected chi connectivity index (χ0v) is 15.1. The van der Waals surface area contributed by atoms with Crippen LogP contribution in [0, 0.1) is 0 Å². The Morgan fingerprint density at radius 2 is 1.00 bits per heavy atom. The number of rotatable bonds is 11. The molecule has 0 aliphatic rings. The summed E-state index contributed by atoms with van der Waals surface area (Å²) in [5.74, 6) is 0. The van der Waals surface area contributed by atoms with E-state index < -0.39 is 18.4 Å². The van der Waals surface area contributed by atoms with E-state index in [9.17, 15) is 0 Å². The standard InChI is InChI=1S/C6H13.C5H11.2C2H5.Sn/c1-3-5-6-4-2;1-3-5-4-2;2*1-2;/h1,3-6H2,2H3;1,3-5H2,2H3;2*1H2,2H3;. The molecule has 0 atom stereocenters. The molecule has 0 nitrogen and oxygen atoms in total. The van der Waals surface area contributed by atoms with Gasteiger partial charge in [0.15, 0.2) is 0 Å². The van der Waals surface area contributed by atoms with E-state index in [4.69, 9.17) is 0 Å². The predicted molar refractivity (Wildman–Crippen MR) is 80.0 cm³/mol. The maximum atomic E-state index is 2.49. The van der Waals surface area contributed by atoms with Crippen molar-refractivity contribution in [3.05, 3.63) is 0 Å². The van der Waals surface area contributed by atoms with Crippen LogP contribution in [0.25, 0.3) is 0 Å². The third-order valence-electron chi connectivity index (χ3n) is 4.37. The molecule has 0 aromatic carbocycles. The molecule has 0 radical (unpaired) electrons. The molecule has 1 heteroatoms. The van der Waals surface area contributed by atoms with Gasteiger partial charge in [0.05, 0.1) is 0 Å². The first-order valence-corrected chi connectivity index (χ1v) is 15.8. The van der Waals surface area contributed by atoms with Gasteiger partial charge in [-0.3, -0.25) is 0 Å². The molecule has 0 spiro atoms. The number of unbranched alkanes of at least 4 members (excludes halogenated alkanes) is 5. The Morgan fingerprint density at radius 1 is 0.562 bits per heavy atom. The van der Waals surface area contributed by atoms with Gasteiger partial charge in [0.25, 0.3) is 0 Å². The third-order valence-corrected chi connectivity index (χ3v) is 21.0. The quantitative estimate of drug-likeness (QED) is 0.310. The fourth-order valence-electron chi connectivity index (χ4n) is 2.76. The van der Waals surface area contributed by atoms with Crippen molar-refractivity contribution in [2.75, 3.05) is 0 Å². The molecule has 0 heterocycles. The van der Waals surface area contributed by atoms with E-state index in [2.05, 4.69) is 27.7 Å². The van der Waals surface area contributed by atoms with Crippen molar-refractivity contribution in [2.45, 2.75) is 90.4 Å². The molecular weight excluding hydrogens is 299 g/mol. The molecule has 0 fully saturated rings. The van der Waals surface area contributed by atoms with E-state index in [-0.39, 0.29) is 0 Å². The number of hydrogen-bond acceptors (Lipinski definition) is 0. The Hall–Kier alpha value is 0.799. The first kappa shape index (κ1) is 16.8. The van der Waals surface area contributed by atoms with Crippen LogP contribution >= 0.6 is 0 Å². The summed E-state index contributed by atoms with van der Waals surface area (Å²) in [4.78, 5) is 0. The Morgan fingerprint density at radius 3 is 1.44 bits per heavy atom. The second kappa shape index (κ2) is 10.9. The van der Waals surface area contributed by atoms with E-state index in [1.807, 2.05) is 0 Å². The van der Waals surface area contributed by atoms with Gasteiger partial charge < -0.3 is 0 Å². The van der Waals surface area contributed by atoms with Crippen molar-refractivity contribution in [3.63, 3.8) is 0 Å². The van der Waals surface area contributed by atoms with Crippen LogP contribution in [0.1, 0.15) is 72.6 Å². The molecule has 0 amide bonds. The summed E-state index contributed by atoms with van der Waals surface area (Å²) < 4.78 is 6.56. The minimum absolute atomic E-state index is 1.39. The van der Waals surface area contributed by atoms with Gasteiger partial charge in [0.2, 0.25) is 0 Å². The van der Waals surface area contributed by atoms with Gasteiger partial charge in [-0.05, 0) is 0 Å². The summed E-state index contributed by atoms with van der Waals surface area (Å²) >= 11 is -1.61. The molecule has 0 saturated heterocycles. The molecule has 0 saturated carbocycles. The van der Waals surface area contributed by atoms with Gasteiger partial charge in [-0.25, -0.2) is 0 Å². The molecule has 0 rings (SSSR count). The van der Waals surface area contributed by atoms with Crippen LogP contribution in [0.4, 0.5) is 0 Å². The fourth-order valence-corrected chi connectivity index (χ4v) is 14.6. The molecule has 0 aromatic heterocycles. The second-order valence-corrected chi connectivity index (χ2v) is 20.9. The van der Waals surface area contributed by atoms with E-state index in [0.29, 0.717) is 0 Å². The van der Waals surface area contributed by atoms with Crippen molar-refractivity contribution in [1.82, 2.24) is 0 Å². The predicted octanol–water partition coefficient (Wildman–Crippen LogP) is 6.25. The van der Waals surface area contributed by atoms with E-state index >= 15 is 0 Å². The van der Waals surface area contributed by atoms with Crippen molar-refractivity contribution in [1.29, 1.82) is 0 Å². The van der Waals surface area contributed by atoms with Crippen LogP contribution in [0.3, 0.4) is 0 Å². The van der Waals surface area contributed by atoms with Crippen LogP contribution < -0.4 is 0 Å². The molecule has 0 N–H and O–H groups in total. The van der Waals surface area contributed by atoms with Gasteiger partial charge in [0, 0.05) is 0 Å². The summed E-state index contributed by atoms with van der Waals surface area (Å²) in [5.41, 5.74) is 0. The average molecular weight is 333 g/mol. The number of hydrogen-bond donors (Lipinski definition) is 0. The summed E-state index contributed by atoms with van der Waals surface area (Å²) in [6.07, 6.45) is 10.3. The second-order valence-electron chi connectivity index (χ2n) is 5.47. The molecule has 0 aromatic rings. The molecular formula is C15H34Sn. The molecule has 0 unspecified atom stereocenters. The van der Waals surface area contributed by atoms with Crippen LogP contribution in [0.15, 0.2) is 0 Å². The Bertz CT molecular complexity index is 138. The topological polar surface area (TPSA) is 0 Å². The summed E-state index contributed by atoms with van der Waals surface area (Å²) in [6.45, 7) is 9.63. The van der Waals surface area contributed by atoms with Crippen molar-refractivity contribution >= 4 is 18.4 Å².